The molecular weight excluding hydrogens is 466 g/mol. The molecule has 0 saturated carbocycles. The summed E-state index contributed by atoms with van der Waals surface area (Å²) < 4.78 is 9.35. The van der Waals surface area contributed by atoms with Gasteiger partial charge in [0.1, 0.15) is 10.9 Å². The highest BCUT2D eigenvalue weighted by atomic mass is 35.5. The van der Waals surface area contributed by atoms with E-state index in [1.807, 2.05) is 27.7 Å². The van der Waals surface area contributed by atoms with Crippen LogP contribution in [0.1, 0.15) is 65.9 Å². The maximum Gasteiger partial charge on any atom is 0.270 e. The molecule has 9 nitrogen and oxygen atoms in total. The average molecular weight is 496 g/mol. The van der Waals surface area contributed by atoms with Crippen LogP contribution in [0.4, 0.5) is 5.69 Å². The van der Waals surface area contributed by atoms with Crippen molar-refractivity contribution < 1.29 is 19.1 Å². The molecule has 1 aromatic heterocycles. The number of hydrogen-bond acceptors (Lipinski definition) is 7. The maximum atomic E-state index is 13.6. The fraction of sp³-hybridized carbons (Fsp3) is 0.455. The van der Waals surface area contributed by atoms with Crippen molar-refractivity contribution in [3.63, 3.8) is 0 Å². The van der Waals surface area contributed by atoms with Crippen molar-refractivity contribution >= 4 is 46.5 Å². The number of carbonyl (C=O) groups excluding carboxylic acids is 3. The number of anilines is 1. The number of benzene rings is 1. The van der Waals surface area contributed by atoms with Crippen LogP contribution in [0.2, 0.25) is 5.02 Å². The smallest absolute Gasteiger partial charge is 0.270 e. The predicted molar refractivity (Wildman–Crippen MR) is 129 cm³/mol. The summed E-state index contributed by atoms with van der Waals surface area (Å²) in [7, 11) is 0. The second kappa shape index (κ2) is 11.4. The number of nitrogens with one attached hydrogen (secondary N) is 1. The lowest BCUT2D eigenvalue weighted by atomic mass is 10.0. The molecule has 11 heteroatoms. The molecule has 0 aliphatic rings. The van der Waals surface area contributed by atoms with Crippen LogP contribution in [0.15, 0.2) is 24.3 Å². The highest BCUT2D eigenvalue weighted by Gasteiger charge is 2.35. The van der Waals surface area contributed by atoms with Gasteiger partial charge in [-0.05, 0) is 63.3 Å². The monoisotopic (exact) mass is 495 g/mol. The van der Waals surface area contributed by atoms with Gasteiger partial charge in [0.15, 0.2) is 5.69 Å². The third-order valence-electron chi connectivity index (χ3n) is 4.55. The Morgan fingerprint density at radius 3 is 2.39 bits per heavy atom. The minimum Gasteiger partial charge on any atom is -0.395 e. The summed E-state index contributed by atoms with van der Waals surface area (Å²) >= 11 is 6.82. The van der Waals surface area contributed by atoms with Crippen LogP contribution in [-0.4, -0.2) is 52.3 Å². The number of ether oxygens (including phenoxy) is 1. The molecule has 0 aliphatic heterocycles. The summed E-state index contributed by atoms with van der Waals surface area (Å²) in [6.45, 7) is 8.57. The van der Waals surface area contributed by atoms with Crippen LogP contribution >= 0.6 is 23.1 Å². The Kier molecular flexibility index (Phi) is 9.21. The van der Waals surface area contributed by atoms with Crippen LogP contribution in [0.5, 0.6) is 0 Å². The van der Waals surface area contributed by atoms with E-state index in [4.69, 9.17) is 27.8 Å². The van der Waals surface area contributed by atoms with Crippen LogP contribution in [0.25, 0.3) is 0 Å². The van der Waals surface area contributed by atoms with E-state index in [0.29, 0.717) is 30.2 Å². The Labute approximate surface area is 202 Å². The van der Waals surface area contributed by atoms with Gasteiger partial charge in [-0.15, -0.1) is 0 Å². The fourth-order valence-corrected chi connectivity index (χ4v) is 4.03. The largest absolute Gasteiger partial charge is 0.395 e. The molecule has 3 amide bonds. The van der Waals surface area contributed by atoms with Gasteiger partial charge in [0, 0.05) is 30.3 Å². The Balaban J connectivity index is 2.54. The molecule has 33 heavy (non-hydrogen) atoms. The summed E-state index contributed by atoms with van der Waals surface area (Å²) in [5.74, 6) is -1.73. The van der Waals surface area contributed by atoms with E-state index < -0.39 is 23.4 Å². The number of hydrogen-bond donors (Lipinski definition) is 3. The first-order chi connectivity index (χ1) is 15.5. The fourth-order valence-electron chi connectivity index (χ4n) is 3.14. The number of rotatable bonds is 10. The van der Waals surface area contributed by atoms with E-state index in [1.165, 1.54) is 4.90 Å². The summed E-state index contributed by atoms with van der Waals surface area (Å²) in [6.07, 6.45) is 0.480. The first kappa shape index (κ1) is 26.6. The molecule has 5 N–H and O–H groups in total. The Hall–Kier alpha value is -2.69. The lowest BCUT2D eigenvalue weighted by molar-refractivity contribution is -0.127. The van der Waals surface area contributed by atoms with E-state index >= 15 is 0 Å². The highest BCUT2D eigenvalue weighted by Crippen LogP contribution is 2.30. The van der Waals surface area contributed by atoms with Crippen molar-refractivity contribution in [3.05, 3.63) is 45.4 Å². The van der Waals surface area contributed by atoms with E-state index in [1.54, 1.807) is 24.3 Å². The van der Waals surface area contributed by atoms with Crippen molar-refractivity contribution in [1.82, 2.24) is 14.6 Å². The molecule has 2 aromatic rings. The second-order valence-electron chi connectivity index (χ2n) is 8.38. The molecule has 0 saturated heterocycles. The molecule has 1 atom stereocenters. The third kappa shape index (κ3) is 7.15. The van der Waals surface area contributed by atoms with Gasteiger partial charge in [-0.1, -0.05) is 23.7 Å². The summed E-state index contributed by atoms with van der Waals surface area (Å²) in [6, 6.07) is 5.73. The minimum atomic E-state index is -0.978. The van der Waals surface area contributed by atoms with Gasteiger partial charge < -0.3 is 26.4 Å². The van der Waals surface area contributed by atoms with Crippen molar-refractivity contribution in [1.29, 1.82) is 0 Å². The van der Waals surface area contributed by atoms with E-state index in [2.05, 4.69) is 9.69 Å². The summed E-state index contributed by atoms with van der Waals surface area (Å²) in [4.78, 5) is 40.1. The van der Waals surface area contributed by atoms with Crippen molar-refractivity contribution in [2.45, 2.75) is 45.7 Å². The van der Waals surface area contributed by atoms with Gasteiger partial charge >= 0.3 is 0 Å². The van der Waals surface area contributed by atoms with Crippen molar-refractivity contribution in [3.8, 4) is 0 Å². The summed E-state index contributed by atoms with van der Waals surface area (Å²) in [5.41, 5.74) is 11.1. The van der Waals surface area contributed by atoms with E-state index in [9.17, 15) is 14.4 Å². The molecule has 0 fully saturated rings. The molecule has 0 spiro atoms. The zero-order valence-electron chi connectivity index (χ0n) is 19.2. The Morgan fingerprint density at radius 1 is 1.24 bits per heavy atom. The molecule has 180 valence electrons. The van der Waals surface area contributed by atoms with Gasteiger partial charge in [-0.3, -0.25) is 14.4 Å². The van der Waals surface area contributed by atoms with Gasteiger partial charge in [0.05, 0.1) is 5.69 Å². The first-order valence-corrected chi connectivity index (χ1v) is 11.6. The number of carbonyl (C=O) groups is 3. The summed E-state index contributed by atoms with van der Waals surface area (Å²) in [5, 5.41) is 3.44. The van der Waals surface area contributed by atoms with Gasteiger partial charge in [0.2, 0.25) is 5.91 Å². The number of nitrogens with zero attached hydrogens (tertiary/aromatic N) is 2. The van der Waals surface area contributed by atoms with Crippen molar-refractivity contribution in [2.24, 2.45) is 5.73 Å². The SMILES string of the molecule is CCOCCCN(C(=O)c1snc(C(N)=O)c1N)[C@H](C(=O)NC(C)(C)C)c1ccc(Cl)cc1. The number of primary amides is 1. The molecule has 1 heterocycles. The van der Waals surface area contributed by atoms with Gasteiger partial charge in [-0.2, -0.15) is 4.37 Å². The molecule has 0 aliphatic carbocycles. The zero-order valence-corrected chi connectivity index (χ0v) is 20.8. The number of nitrogens with two attached hydrogens (primary N) is 2. The van der Waals surface area contributed by atoms with Crippen LogP contribution in [0.3, 0.4) is 0 Å². The molecule has 1 aromatic carbocycles. The lowest BCUT2D eigenvalue weighted by Gasteiger charge is -2.33. The Bertz CT molecular complexity index is 988. The molecule has 0 unspecified atom stereocenters. The number of nitrogen functional groups attached to an aromatic ring is 1. The number of amides is 3. The van der Waals surface area contributed by atoms with E-state index in [0.717, 1.165) is 11.5 Å². The van der Waals surface area contributed by atoms with Gasteiger partial charge in [-0.25, -0.2) is 0 Å². The molecule has 0 bridgehead atoms. The molecule has 0 radical (unpaired) electrons. The minimum absolute atomic E-state index is 0.0442. The highest BCUT2D eigenvalue weighted by molar-refractivity contribution is 7.09. The predicted octanol–water partition coefficient (Wildman–Crippen LogP) is 3.00. The van der Waals surface area contributed by atoms with Crippen molar-refractivity contribution in [2.75, 3.05) is 25.5 Å². The standard InChI is InChI=1S/C22H30ClN5O4S/c1-5-32-12-6-11-28(21(31)18-15(24)16(19(25)29)27-33-18)17(20(30)26-22(2,3)4)13-7-9-14(23)10-8-13/h7-10,17H,5-6,11-12,24H2,1-4H3,(H2,25,29)(H,26,30)/t17-/m0/s1. The second-order valence-corrected chi connectivity index (χ2v) is 9.59. The van der Waals surface area contributed by atoms with E-state index in [-0.39, 0.29) is 28.7 Å². The van der Waals surface area contributed by atoms with Crippen LogP contribution < -0.4 is 16.8 Å². The lowest BCUT2D eigenvalue weighted by Crippen LogP contribution is -2.49. The maximum absolute atomic E-state index is 13.6. The van der Waals surface area contributed by atoms with Crippen LogP contribution in [0, 0.1) is 0 Å². The van der Waals surface area contributed by atoms with Crippen LogP contribution in [-0.2, 0) is 9.53 Å². The Morgan fingerprint density at radius 2 is 1.88 bits per heavy atom. The first-order valence-electron chi connectivity index (χ1n) is 10.5. The zero-order chi connectivity index (χ0) is 24.8. The average Bonchev–Trinajstić information content (AvgIpc) is 3.11. The topological polar surface area (TPSA) is 141 Å². The molecule has 2 rings (SSSR count). The number of aromatic nitrogens is 1. The number of halogens is 1. The normalized spacial score (nSPS) is 12.3. The quantitative estimate of drug-likeness (QED) is 0.433. The third-order valence-corrected chi connectivity index (χ3v) is 5.66. The van der Waals surface area contributed by atoms with Gasteiger partial charge in [0.25, 0.3) is 11.8 Å². The molecular formula is C22H30ClN5O4S.